The second-order valence-electron chi connectivity index (χ2n) is 3.87. The highest BCUT2D eigenvalue weighted by atomic mass is 16.8. The van der Waals surface area contributed by atoms with Crippen LogP contribution in [0.3, 0.4) is 0 Å². The lowest BCUT2D eigenvalue weighted by atomic mass is 10.4. The molecule has 0 aromatic carbocycles. The Hall–Kier alpha value is -0.720. The van der Waals surface area contributed by atoms with E-state index in [1.54, 1.807) is 12.2 Å². The first-order chi connectivity index (χ1) is 8.35. The van der Waals surface area contributed by atoms with Gasteiger partial charge in [0.05, 0.1) is 26.4 Å². The Labute approximate surface area is 101 Å². The minimum Gasteiger partial charge on any atom is -0.376 e. The van der Waals surface area contributed by atoms with Gasteiger partial charge in [-0.2, -0.15) is 0 Å². The molecule has 0 spiro atoms. The molecule has 4 unspecified atom stereocenters. The number of rotatable bonds is 10. The third-order valence-electron chi connectivity index (χ3n) is 2.39. The van der Waals surface area contributed by atoms with Gasteiger partial charge in [-0.3, -0.25) is 0 Å². The van der Waals surface area contributed by atoms with E-state index in [4.69, 9.17) is 23.7 Å². The number of hydrogen-bond acceptors (Lipinski definition) is 5. The average Bonchev–Trinajstić information content (AvgIpc) is 3.22. The van der Waals surface area contributed by atoms with E-state index < -0.39 is 0 Å². The molecule has 5 nitrogen and oxygen atoms in total. The monoisotopic (exact) mass is 242 g/mol. The van der Waals surface area contributed by atoms with Crippen molar-refractivity contribution in [2.24, 2.45) is 0 Å². The summed E-state index contributed by atoms with van der Waals surface area (Å²) < 4.78 is 26.5. The molecule has 0 saturated carbocycles. The van der Waals surface area contributed by atoms with Crippen LogP contribution in [0.2, 0.25) is 0 Å². The van der Waals surface area contributed by atoms with Crippen molar-refractivity contribution in [2.75, 3.05) is 26.4 Å². The van der Waals surface area contributed by atoms with Gasteiger partial charge < -0.3 is 23.7 Å². The van der Waals surface area contributed by atoms with Crippen molar-refractivity contribution in [1.29, 1.82) is 0 Å². The quantitative estimate of drug-likeness (QED) is 0.420. The van der Waals surface area contributed by atoms with Gasteiger partial charge in [0.15, 0.2) is 12.6 Å². The van der Waals surface area contributed by atoms with Gasteiger partial charge in [-0.25, -0.2) is 0 Å². The standard InChI is InChI=1S/C12H18O5/c1-3-5-14-11-9(16-11)7-13-8-10-12(17-10)15-6-4-2/h3-4,9-12H,1-2,5-8H2. The third kappa shape index (κ3) is 4.22. The molecule has 2 saturated heterocycles. The molecular formula is C12H18O5. The Kier molecular flexibility index (Phi) is 4.70. The highest BCUT2D eigenvalue weighted by Gasteiger charge is 2.43. The third-order valence-corrected chi connectivity index (χ3v) is 2.39. The van der Waals surface area contributed by atoms with Crippen molar-refractivity contribution in [3.05, 3.63) is 25.3 Å². The fourth-order valence-electron chi connectivity index (χ4n) is 1.41. The van der Waals surface area contributed by atoms with Crippen LogP contribution in [0.15, 0.2) is 25.3 Å². The van der Waals surface area contributed by atoms with E-state index >= 15 is 0 Å². The van der Waals surface area contributed by atoms with Gasteiger partial charge in [0.1, 0.15) is 12.2 Å². The average molecular weight is 242 g/mol. The predicted octanol–water partition coefficient (Wildman–Crippen LogP) is 0.858. The first kappa shape index (κ1) is 12.7. The Morgan fingerprint density at radius 2 is 1.35 bits per heavy atom. The zero-order valence-corrected chi connectivity index (χ0v) is 9.75. The van der Waals surface area contributed by atoms with Crippen LogP contribution in [0, 0.1) is 0 Å². The lowest BCUT2D eigenvalue weighted by molar-refractivity contribution is 0.0694. The molecule has 4 atom stereocenters. The zero-order valence-electron chi connectivity index (χ0n) is 9.75. The summed E-state index contributed by atoms with van der Waals surface area (Å²) in [5.74, 6) is 0. The van der Waals surface area contributed by atoms with Crippen molar-refractivity contribution < 1.29 is 23.7 Å². The SMILES string of the molecule is C=CCOC1OC1COCC1OC1OCC=C. The molecule has 5 heteroatoms. The Bertz CT molecular complexity index is 242. The van der Waals surface area contributed by atoms with Gasteiger partial charge >= 0.3 is 0 Å². The molecule has 2 fully saturated rings. The summed E-state index contributed by atoms with van der Waals surface area (Å²) in [6, 6.07) is 0. The predicted molar refractivity (Wildman–Crippen MR) is 60.4 cm³/mol. The maximum Gasteiger partial charge on any atom is 0.187 e. The van der Waals surface area contributed by atoms with E-state index in [1.807, 2.05) is 0 Å². The second kappa shape index (κ2) is 6.28. The van der Waals surface area contributed by atoms with Crippen LogP contribution < -0.4 is 0 Å². The van der Waals surface area contributed by atoms with Crippen LogP contribution >= 0.6 is 0 Å². The lowest BCUT2D eigenvalue weighted by Gasteiger charge is -1.99. The van der Waals surface area contributed by atoms with Crippen LogP contribution in [0.25, 0.3) is 0 Å². The molecule has 2 heterocycles. The maximum atomic E-state index is 5.44. The van der Waals surface area contributed by atoms with Crippen molar-refractivity contribution in [3.8, 4) is 0 Å². The van der Waals surface area contributed by atoms with E-state index in [0.29, 0.717) is 26.4 Å². The van der Waals surface area contributed by atoms with Gasteiger partial charge in [0, 0.05) is 0 Å². The Morgan fingerprint density at radius 1 is 0.882 bits per heavy atom. The molecule has 0 aliphatic carbocycles. The molecule has 2 aliphatic rings. The highest BCUT2D eigenvalue weighted by molar-refractivity contribution is 4.81. The van der Waals surface area contributed by atoms with Crippen molar-refractivity contribution in [1.82, 2.24) is 0 Å². The molecule has 0 aromatic heterocycles. The van der Waals surface area contributed by atoms with Crippen LogP contribution in [-0.4, -0.2) is 51.2 Å². The molecule has 96 valence electrons. The van der Waals surface area contributed by atoms with Crippen LogP contribution in [0.4, 0.5) is 0 Å². The second-order valence-corrected chi connectivity index (χ2v) is 3.87. The molecular weight excluding hydrogens is 224 g/mol. The van der Waals surface area contributed by atoms with Crippen LogP contribution in [0.5, 0.6) is 0 Å². The van der Waals surface area contributed by atoms with Crippen molar-refractivity contribution in [2.45, 2.75) is 24.8 Å². The number of hydrogen-bond donors (Lipinski definition) is 0. The van der Waals surface area contributed by atoms with Gasteiger partial charge in [-0.15, -0.1) is 13.2 Å². The van der Waals surface area contributed by atoms with E-state index in [1.165, 1.54) is 0 Å². The van der Waals surface area contributed by atoms with Crippen molar-refractivity contribution in [3.63, 3.8) is 0 Å². The summed E-state index contributed by atoms with van der Waals surface area (Å²) >= 11 is 0. The Morgan fingerprint density at radius 3 is 1.76 bits per heavy atom. The molecule has 0 aromatic rings. The van der Waals surface area contributed by atoms with E-state index in [0.717, 1.165) is 0 Å². The molecule has 0 N–H and O–H groups in total. The van der Waals surface area contributed by atoms with Gasteiger partial charge in [0.25, 0.3) is 0 Å². The molecule has 0 amide bonds. The minimum absolute atomic E-state index is 0.0428. The van der Waals surface area contributed by atoms with Crippen LogP contribution in [-0.2, 0) is 23.7 Å². The summed E-state index contributed by atoms with van der Waals surface area (Å²) in [6.45, 7) is 9.18. The molecule has 0 radical (unpaired) electrons. The largest absolute Gasteiger partial charge is 0.376 e. The first-order valence-electron chi connectivity index (χ1n) is 5.69. The summed E-state index contributed by atoms with van der Waals surface area (Å²) in [4.78, 5) is 0. The van der Waals surface area contributed by atoms with Gasteiger partial charge in [-0.1, -0.05) is 12.2 Å². The Balaban J connectivity index is 1.43. The fourth-order valence-corrected chi connectivity index (χ4v) is 1.41. The summed E-state index contributed by atoms with van der Waals surface area (Å²) in [6.07, 6.45) is 3.20. The van der Waals surface area contributed by atoms with Crippen molar-refractivity contribution >= 4 is 0 Å². The smallest absolute Gasteiger partial charge is 0.187 e. The topological polar surface area (TPSA) is 52.8 Å². The van der Waals surface area contributed by atoms with Crippen LogP contribution in [0.1, 0.15) is 0 Å². The maximum absolute atomic E-state index is 5.44. The lowest BCUT2D eigenvalue weighted by Crippen LogP contribution is -2.12. The number of epoxide rings is 2. The molecule has 17 heavy (non-hydrogen) atoms. The van der Waals surface area contributed by atoms with Gasteiger partial charge in [0.2, 0.25) is 0 Å². The summed E-state index contributed by atoms with van der Waals surface area (Å²) in [5, 5.41) is 0. The van der Waals surface area contributed by atoms with E-state index in [9.17, 15) is 0 Å². The molecule has 2 rings (SSSR count). The number of ether oxygens (including phenoxy) is 5. The normalized spacial score (nSPS) is 34.4. The van der Waals surface area contributed by atoms with E-state index in [-0.39, 0.29) is 24.8 Å². The fraction of sp³-hybridized carbons (Fsp3) is 0.667. The summed E-state index contributed by atoms with van der Waals surface area (Å²) in [5.41, 5.74) is 0. The first-order valence-corrected chi connectivity index (χ1v) is 5.69. The van der Waals surface area contributed by atoms with Gasteiger partial charge in [-0.05, 0) is 0 Å². The van der Waals surface area contributed by atoms with E-state index in [2.05, 4.69) is 13.2 Å². The highest BCUT2D eigenvalue weighted by Crippen LogP contribution is 2.26. The minimum atomic E-state index is -0.138. The molecule has 0 bridgehead atoms. The summed E-state index contributed by atoms with van der Waals surface area (Å²) in [7, 11) is 0. The molecule has 2 aliphatic heterocycles. The zero-order chi connectivity index (χ0) is 12.1.